The third-order valence-electron chi connectivity index (χ3n) is 1.76. The largest absolute Gasteiger partial charge is 0.298 e. The quantitative estimate of drug-likeness (QED) is 0.543. The van der Waals surface area contributed by atoms with E-state index in [2.05, 4.69) is 25.6 Å². The van der Waals surface area contributed by atoms with Crippen LogP contribution in [0, 0.1) is 6.92 Å². The maximum absolute atomic E-state index is 11.2. The summed E-state index contributed by atoms with van der Waals surface area (Å²) in [6.07, 6.45) is 2.12. The lowest BCUT2D eigenvalue weighted by Gasteiger charge is -2.00. The predicted octanol–water partition coefficient (Wildman–Crippen LogP) is 3.23. The van der Waals surface area contributed by atoms with Gasteiger partial charge < -0.3 is 0 Å². The van der Waals surface area contributed by atoms with Crippen molar-refractivity contribution in [2.24, 2.45) is 0 Å². The van der Waals surface area contributed by atoms with Gasteiger partial charge >= 0.3 is 0 Å². The summed E-state index contributed by atoms with van der Waals surface area (Å²) in [4.78, 5) is 12.4. The summed E-state index contributed by atoms with van der Waals surface area (Å²) < 4.78 is 0. The lowest BCUT2D eigenvalue weighted by atomic mass is 10.2. The number of aryl methyl sites for hydroxylation is 1. The van der Waals surface area contributed by atoms with Crippen LogP contribution in [0.25, 0.3) is 0 Å². The molecule has 0 aromatic heterocycles. The number of benzene rings is 1. The van der Waals surface area contributed by atoms with Crippen molar-refractivity contribution in [2.45, 2.75) is 18.2 Å². The van der Waals surface area contributed by atoms with E-state index in [0.717, 1.165) is 4.90 Å². The molecule has 0 saturated carbocycles. The molecule has 1 rings (SSSR count). The summed E-state index contributed by atoms with van der Waals surface area (Å²) in [5.41, 5.74) is 1.23. The molecular formula is C12H14OS. The molecule has 0 fully saturated rings. The Labute approximate surface area is 89.2 Å². The van der Waals surface area contributed by atoms with E-state index < -0.39 is 0 Å². The van der Waals surface area contributed by atoms with E-state index in [1.54, 1.807) is 17.8 Å². The Morgan fingerprint density at radius 3 is 3.00 bits per heavy atom. The van der Waals surface area contributed by atoms with Crippen LogP contribution in [0.5, 0.6) is 0 Å². The molecular weight excluding hydrogens is 192 g/mol. The molecule has 0 spiro atoms. The maximum Gasteiger partial charge on any atom is 0.146 e. The second kappa shape index (κ2) is 5.66. The molecule has 0 aliphatic rings. The van der Waals surface area contributed by atoms with E-state index in [1.807, 2.05) is 12.1 Å². The van der Waals surface area contributed by atoms with Gasteiger partial charge in [-0.25, -0.2) is 0 Å². The molecule has 0 aliphatic carbocycles. The molecule has 0 saturated heterocycles. The highest BCUT2D eigenvalue weighted by Crippen LogP contribution is 2.19. The first-order valence-corrected chi connectivity index (χ1v) is 5.53. The zero-order chi connectivity index (χ0) is 10.4. The molecule has 1 aromatic carbocycles. The third kappa shape index (κ3) is 3.79. The molecule has 1 nitrogen and oxygen atoms in total. The van der Waals surface area contributed by atoms with Crippen LogP contribution in [-0.4, -0.2) is 11.5 Å². The van der Waals surface area contributed by atoms with Crippen LogP contribution >= 0.6 is 11.8 Å². The summed E-state index contributed by atoms with van der Waals surface area (Å²) in [6, 6.07) is 8.18. The van der Waals surface area contributed by atoms with E-state index in [4.69, 9.17) is 0 Å². The lowest BCUT2D eigenvalue weighted by Crippen LogP contribution is -1.98. The summed E-state index contributed by atoms with van der Waals surface area (Å²) in [6.45, 7) is 5.59. The monoisotopic (exact) mass is 206 g/mol. The number of hydrogen-bond acceptors (Lipinski definition) is 2. The number of carbonyl (C=O) groups is 1. The van der Waals surface area contributed by atoms with Crippen LogP contribution in [0.15, 0.2) is 41.8 Å². The van der Waals surface area contributed by atoms with E-state index >= 15 is 0 Å². The Morgan fingerprint density at radius 2 is 2.36 bits per heavy atom. The molecule has 74 valence electrons. The molecule has 0 N–H and O–H groups in total. The standard InChI is InChI=1S/C12H14OS/c1-3-5-11(13)9-14-12-7-4-6-10(2)8-12/h3-4,6-8H,1,5,9H2,2H3. The third-order valence-corrected chi connectivity index (χ3v) is 2.81. The van der Waals surface area contributed by atoms with Gasteiger partial charge in [-0.15, -0.1) is 18.3 Å². The highest BCUT2D eigenvalue weighted by Gasteiger charge is 2.00. The molecule has 0 atom stereocenters. The zero-order valence-electron chi connectivity index (χ0n) is 8.32. The fourth-order valence-electron chi connectivity index (χ4n) is 1.09. The van der Waals surface area contributed by atoms with Crippen LogP contribution in [0.2, 0.25) is 0 Å². The fourth-order valence-corrected chi connectivity index (χ4v) is 1.98. The van der Waals surface area contributed by atoms with Crippen LogP contribution in [0.3, 0.4) is 0 Å². The average Bonchev–Trinajstić information content (AvgIpc) is 2.15. The van der Waals surface area contributed by atoms with Crippen molar-refractivity contribution < 1.29 is 4.79 Å². The zero-order valence-corrected chi connectivity index (χ0v) is 9.14. The van der Waals surface area contributed by atoms with Gasteiger partial charge in [-0.2, -0.15) is 0 Å². The fraction of sp³-hybridized carbons (Fsp3) is 0.250. The number of thioether (sulfide) groups is 1. The highest BCUT2D eigenvalue weighted by molar-refractivity contribution is 8.00. The Hall–Kier alpha value is -1.02. The highest BCUT2D eigenvalue weighted by atomic mass is 32.2. The Morgan fingerprint density at radius 1 is 1.57 bits per heavy atom. The SMILES string of the molecule is C=CCC(=O)CSc1cccc(C)c1. The number of rotatable bonds is 5. The first-order valence-electron chi connectivity index (χ1n) is 4.54. The van der Waals surface area contributed by atoms with Gasteiger partial charge in [0.25, 0.3) is 0 Å². The van der Waals surface area contributed by atoms with E-state index in [-0.39, 0.29) is 5.78 Å². The number of Topliss-reactive ketones (excluding diaryl/α,β-unsaturated/α-hetero) is 1. The van der Waals surface area contributed by atoms with Gasteiger partial charge in [0.05, 0.1) is 5.75 Å². The van der Waals surface area contributed by atoms with Gasteiger partial charge in [0.15, 0.2) is 0 Å². The summed E-state index contributed by atoms with van der Waals surface area (Å²) >= 11 is 1.59. The Balaban J connectivity index is 2.45. The summed E-state index contributed by atoms with van der Waals surface area (Å²) in [5, 5.41) is 0. The summed E-state index contributed by atoms with van der Waals surface area (Å²) in [5.74, 6) is 0.765. The smallest absolute Gasteiger partial charge is 0.146 e. The van der Waals surface area contributed by atoms with Crippen LogP contribution in [-0.2, 0) is 4.79 Å². The van der Waals surface area contributed by atoms with Crippen LogP contribution in [0.1, 0.15) is 12.0 Å². The molecule has 0 unspecified atom stereocenters. The van der Waals surface area contributed by atoms with Gasteiger partial charge in [-0.3, -0.25) is 4.79 Å². The molecule has 2 heteroatoms. The summed E-state index contributed by atoms with van der Waals surface area (Å²) in [7, 11) is 0. The number of carbonyl (C=O) groups excluding carboxylic acids is 1. The molecule has 0 bridgehead atoms. The van der Waals surface area contributed by atoms with Gasteiger partial charge in [0.2, 0.25) is 0 Å². The lowest BCUT2D eigenvalue weighted by molar-refractivity contribution is -0.115. The first-order chi connectivity index (χ1) is 6.72. The minimum absolute atomic E-state index is 0.228. The van der Waals surface area contributed by atoms with Crippen molar-refractivity contribution in [3.63, 3.8) is 0 Å². The molecule has 14 heavy (non-hydrogen) atoms. The molecule has 0 heterocycles. The average molecular weight is 206 g/mol. The Bertz CT molecular complexity index is 331. The minimum Gasteiger partial charge on any atom is -0.298 e. The van der Waals surface area contributed by atoms with Crippen LogP contribution < -0.4 is 0 Å². The second-order valence-corrected chi connectivity index (χ2v) is 4.19. The van der Waals surface area contributed by atoms with Crippen molar-refractivity contribution in [1.82, 2.24) is 0 Å². The van der Waals surface area contributed by atoms with Crippen molar-refractivity contribution in [2.75, 3.05) is 5.75 Å². The van der Waals surface area contributed by atoms with Gasteiger partial charge in [-0.05, 0) is 19.1 Å². The maximum atomic E-state index is 11.2. The molecule has 0 aliphatic heterocycles. The number of allylic oxidation sites excluding steroid dienone is 1. The van der Waals surface area contributed by atoms with Gasteiger partial charge in [0.1, 0.15) is 5.78 Å². The van der Waals surface area contributed by atoms with Crippen molar-refractivity contribution >= 4 is 17.5 Å². The first kappa shape index (κ1) is 11.1. The topological polar surface area (TPSA) is 17.1 Å². The van der Waals surface area contributed by atoms with Crippen LogP contribution in [0.4, 0.5) is 0 Å². The predicted molar refractivity (Wildman–Crippen MR) is 61.7 cm³/mol. The molecule has 1 aromatic rings. The number of ketones is 1. The molecule has 0 amide bonds. The number of hydrogen-bond donors (Lipinski definition) is 0. The minimum atomic E-state index is 0.228. The second-order valence-electron chi connectivity index (χ2n) is 3.14. The van der Waals surface area contributed by atoms with E-state index in [0.29, 0.717) is 12.2 Å². The van der Waals surface area contributed by atoms with E-state index in [9.17, 15) is 4.79 Å². The van der Waals surface area contributed by atoms with Crippen molar-refractivity contribution in [3.8, 4) is 0 Å². The van der Waals surface area contributed by atoms with Crippen molar-refractivity contribution in [1.29, 1.82) is 0 Å². The Kier molecular flexibility index (Phi) is 4.47. The van der Waals surface area contributed by atoms with E-state index in [1.165, 1.54) is 5.56 Å². The van der Waals surface area contributed by atoms with Gasteiger partial charge in [0, 0.05) is 11.3 Å². The van der Waals surface area contributed by atoms with Gasteiger partial charge in [-0.1, -0.05) is 23.8 Å². The normalized spacial score (nSPS) is 9.79. The molecule has 0 radical (unpaired) electrons. The van der Waals surface area contributed by atoms with Crippen molar-refractivity contribution in [3.05, 3.63) is 42.5 Å².